The molecular weight excluding hydrogens is 200 g/mol. The Morgan fingerprint density at radius 3 is 2.75 bits per heavy atom. The van der Waals surface area contributed by atoms with Crippen molar-refractivity contribution >= 4 is 11.6 Å². The summed E-state index contributed by atoms with van der Waals surface area (Å²) in [7, 11) is 0. The van der Waals surface area contributed by atoms with Gasteiger partial charge in [0.15, 0.2) is 0 Å². The van der Waals surface area contributed by atoms with Gasteiger partial charge in [0.25, 0.3) is 0 Å². The molecule has 16 heavy (non-hydrogen) atoms. The Morgan fingerprint density at radius 2 is 2.06 bits per heavy atom. The maximum absolute atomic E-state index is 11.4. The Bertz CT molecular complexity index is 333. The summed E-state index contributed by atoms with van der Waals surface area (Å²) in [5.41, 5.74) is 0.964. The predicted molar refractivity (Wildman–Crippen MR) is 67.4 cm³/mol. The number of anilines is 1. The van der Waals surface area contributed by atoms with Gasteiger partial charge in [0, 0.05) is 12.2 Å². The number of nitrogens with one attached hydrogen (secondary N) is 2. The first kappa shape index (κ1) is 12.3. The van der Waals surface area contributed by atoms with Crippen LogP contribution in [-0.2, 0) is 4.79 Å². The van der Waals surface area contributed by atoms with E-state index in [-0.39, 0.29) is 5.91 Å². The molecule has 0 unspecified atom stereocenters. The van der Waals surface area contributed by atoms with Crippen molar-refractivity contribution in [1.29, 1.82) is 0 Å². The number of para-hydroxylation sites is 1. The first-order valence-electron chi connectivity index (χ1n) is 5.49. The van der Waals surface area contributed by atoms with Gasteiger partial charge in [-0.2, -0.15) is 0 Å². The number of allylic oxidation sites excluding steroid dienone is 1. The van der Waals surface area contributed by atoms with Crippen molar-refractivity contribution in [2.45, 2.75) is 13.3 Å². The lowest BCUT2D eigenvalue weighted by molar-refractivity contribution is -0.119. The van der Waals surface area contributed by atoms with E-state index in [0.29, 0.717) is 13.1 Å². The van der Waals surface area contributed by atoms with Crippen LogP contribution >= 0.6 is 0 Å². The van der Waals surface area contributed by atoms with Gasteiger partial charge >= 0.3 is 0 Å². The van der Waals surface area contributed by atoms with E-state index >= 15 is 0 Å². The highest BCUT2D eigenvalue weighted by Gasteiger charge is 1.98. The van der Waals surface area contributed by atoms with Crippen molar-refractivity contribution < 1.29 is 4.79 Å². The molecule has 3 nitrogen and oxygen atoms in total. The average molecular weight is 218 g/mol. The SMILES string of the molecule is C/C=C/CCNC(=O)CNc1ccccc1. The van der Waals surface area contributed by atoms with Gasteiger partial charge in [-0.1, -0.05) is 30.4 Å². The third kappa shape index (κ3) is 5.20. The minimum Gasteiger partial charge on any atom is -0.376 e. The number of benzene rings is 1. The highest BCUT2D eigenvalue weighted by atomic mass is 16.1. The van der Waals surface area contributed by atoms with Crippen LogP contribution in [0.4, 0.5) is 5.69 Å². The van der Waals surface area contributed by atoms with Crippen LogP contribution in [0, 0.1) is 0 Å². The Hall–Kier alpha value is -1.77. The molecule has 0 atom stereocenters. The fourth-order valence-electron chi connectivity index (χ4n) is 1.26. The molecule has 0 saturated heterocycles. The maximum Gasteiger partial charge on any atom is 0.239 e. The zero-order valence-corrected chi connectivity index (χ0v) is 9.57. The van der Waals surface area contributed by atoms with E-state index < -0.39 is 0 Å². The average Bonchev–Trinajstić information content (AvgIpc) is 2.33. The number of hydrogen-bond acceptors (Lipinski definition) is 2. The van der Waals surface area contributed by atoms with Gasteiger partial charge in [0.05, 0.1) is 6.54 Å². The molecule has 0 radical (unpaired) electrons. The molecule has 0 bridgehead atoms. The van der Waals surface area contributed by atoms with Crippen LogP contribution < -0.4 is 10.6 Å². The molecule has 0 aromatic heterocycles. The second-order valence-corrected chi connectivity index (χ2v) is 3.43. The van der Waals surface area contributed by atoms with Crippen LogP contribution in [0.25, 0.3) is 0 Å². The van der Waals surface area contributed by atoms with Crippen molar-refractivity contribution in [3.63, 3.8) is 0 Å². The molecule has 0 aliphatic carbocycles. The summed E-state index contributed by atoms with van der Waals surface area (Å²) >= 11 is 0. The topological polar surface area (TPSA) is 41.1 Å². The van der Waals surface area contributed by atoms with E-state index in [0.717, 1.165) is 12.1 Å². The van der Waals surface area contributed by atoms with Crippen molar-refractivity contribution in [2.75, 3.05) is 18.4 Å². The van der Waals surface area contributed by atoms with Crippen molar-refractivity contribution in [1.82, 2.24) is 5.32 Å². The molecule has 3 heteroatoms. The molecule has 1 rings (SSSR count). The van der Waals surface area contributed by atoms with Gasteiger partial charge < -0.3 is 10.6 Å². The number of rotatable bonds is 6. The summed E-state index contributed by atoms with van der Waals surface area (Å²) < 4.78 is 0. The first-order chi connectivity index (χ1) is 7.83. The molecule has 0 heterocycles. The zero-order chi connectivity index (χ0) is 11.6. The largest absolute Gasteiger partial charge is 0.376 e. The Morgan fingerprint density at radius 1 is 1.31 bits per heavy atom. The maximum atomic E-state index is 11.4. The third-order valence-electron chi connectivity index (χ3n) is 2.10. The third-order valence-corrected chi connectivity index (χ3v) is 2.10. The lowest BCUT2D eigenvalue weighted by Gasteiger charge is -2.06. The van der Waals surface area contributed by atoms with Crippen molar-refractivity contribution in [3.8, 4) is 0 Å². The standard InChI is InChI=1S/C13H18N2O/c1-2-3-7-10-14-13(16)11-15-12-8-5-4-6-9-12/h2-6,8-9,15H,7,10-11H2,1H3,(H,14,16)/b3-2+. The van der Waals surface area contributed by atoms with E-state index in [1.165, 1.54) is 0 Å². The predicted octanol–water partition coefficient (Wildman–Crippen LogP) is 2.18. The molecular formula is C13H18N2O. The molecule has 1 amide bonds. The molecule has 0 aliphatic rings. The van der Waals surface area contributed by atoms with Gasteiger partial charge in [-0.25, -0.2) is 0 Å². The van der Waals surface area contributed by atoms with E-state index in [9.17, 15) is 4.79 Å². The van der Waals surface area contributed by atoms with E-state index in [1.807, 2.05) is 49.4 Å². The minimum atomic E-state index is 0.0216. The van der Waals surface area contributed by atoms with E-state index in [4.69, 9.17) is 0 Å². The fourth-order valence-corrected chi connectivity index (χ4v) is 1.26. The summed E-state index contributed by atoms with van der Waals surface area (Å²) in [4.78, 5) is 11.4. The Labute approximate surface area is 96.6 Å². The molecule has 2 N–H and O–H groups in total. The second kappa shape index (κ2) is 7.51. The summed E-state index contributed by atoms with van der Waals surface area (Å²) in [6, 6.07) is 9.70. The molecule has 1 aromatic rings. The van der Waals surface area contributed by atoms with Gasteiger partial charge in [-0.3, -0.25) is 4.79 Å². The van der Waals surface area contributed by atoms with Gasteiger partial charge in [-0.15, -0.1) is 0 Å². The molecule has 0 spiro atoms. The lowest BCUT2D eigenvalue weighted by atomic mass is 10.3. The Kier molecular flexibility index (Phi) is 5.78. The number of amides is 1. The summed E-state index contributed by atoms with van der Waals surface area (Å²) in [6.07, 6.45) is 4.90. The monoisotopic (exact) mass is 218 g/mol. The smallest absolute Gasteiger partial charge is 0.239 e. The second-order valence-electron chi connectivity index (χ2n) is 3.43. The Balaban J connectivity index is 2.15. The fraction of sp³-hybridized carbons (Fsp3) is 0.308. The molecule has 0 aliphatic heterocycles. The molecule has 0 saturated carbocycles. The van der Waals surface area contributed by atoms with Crippen molar-refractivity contribution in [2.24, 2.45) is 0 Å². The van der Waals surface area contributed by atoms with E-state index in [2.05, 4.69) is 10.6 Å². The molecule has 0 fully saturated rings. The van der Waals surface area contributed by atoms with E-state index in [1.54, 1.807) is 0 Å². The summed E-state index contributed by atoms with van der Waals surface area (Å²) in [6.45, 7) is 2.98. The van der Waals surface area contributed by atoms with Crippen LogP contribution in [0.5, 0.6) is 0 Å². The zero-order valence-electron chi connectivity index (χ0n) is 9.57. The number of carbonyl (C=O) groups excluding carboxylic acids is 1. The first-order valence-corrected chi connectivity index (χ1v) is 5.49. The molecule has 1 aromatic carbocycles. The van der Waals surface area contributed by atoms with Gasteiger partial charge in [0.2, 0.25) is 5.91 Å². The number of hydrogen-bond donors (Lipinski definition) is 2. The van der Waals surface area contributed by atoms with Gasteiger partial charge in [0.1, 0.15) is 0 Å². The highest BCUT2D eigenvalue weighted by Crippen LogP contribution is 2.03. The van der Waals surface area contributed by atoms with Crippen LogP contribution in [0.15, 0.2) is 42.5 Å². The van der Waals surface area contributed by atoms with Crippen LogP contribution in [0.1, 0.15) is 13.3 Å². The van der Waals surface area contributed by atoms with Crippen LogP contribution in [0.2, 0.25) is 0 Å². The van der Waals surface area contributed by atoms with Crippen molar-refractivity contribution in [3.05, 3.63) is 42.5 Å². The number of carbonyl (C=O) groups is 1. The lowest BCUT2D eigenvalue weighted by Crippen LogP contribution is -2.30. The minimum absolute atomic E-state index is 0.0216. The van der Waals surface area contributed by atoms with Gasteiger partial charge in [-0.05, 0) is 25.5 Å². The molecule has 86 valence electrons. The van der Waals surface area contributed by atoms with Crippen LogP contribution in [0.3, 0.4) is 0 Å². The normalized spacial score (nSPS) is 10.3. The highest BCUT2D eigenvalue weighted by molar-refractivity contribution is 5.80. The quantitative estimate of drug-likeness (QED) is 0.567. The summed E-state index contributed by atoms with van der Waals surface area (Å²) in [5.74, 6) is 0.0216. The van der Waals surface area contributed by atoms with Crippen LogP contribution in [-0.4, -0.2) is 19.0 Å². The summed E-state index contributed by atoms with van der Waals surface area (Å²) in [5, 5.41) is 5.89.